The Balaban J connectivity index is 1.88. The highest BCUT2D eigenvalue weighted by molar-refractivity contribution is 6.31. The minimum absolute atomic E-state index is 0.215. The Hall–Kier alpha value is -3.17. The van der Waals surface area contributed by atoms with Crippen molar-refractivity contribution in [2.24, 2.45) is 0 Å². The predicted molar refractivity (Wildman–Crippen MR) is 95.5 cm³/mol. The predicted octanol–water partition coefficient (Wildman–Crippen LogP) is 2.87. The lowest BCUT2D eigenvalue weighted by atomic mass is 10.1. The second-order valence-corrected chi connectivity index (χ2v) is 5.94. The molecule has 0 fully saturated rings. The molecule has 1 N–H and O–H groups in total. The van der Waals surface area contributed by atoms with Crippen molar-refractivity contribution in [1.82, 2.24) is 9.55 Å². The summed E-state index contributed by atoms with van der Waals surface area (Å²) in [5.74, 6) is -0.449. The Labute approximate surface area is 148 Å². The Bertz CT molecular complexity index is 1080. The maximum Gasteiger partial charge on any atom is 0.261 e. The molecule has 124 valence electrons. The number of nitrogens with zero attached hydrogens (tertiary/aromatic N) is 3. The van der Waals surface area contributed by atoms with E-state index in [0.29, 0.717) is 21.6 Å². The number of carbonyl (C=O) groups excluding carboxylic acids is 1. The van der Waals surface area contributed by atoms with Crippen LogP contribution in [0.1, 0.15) is 11.1 Å². The monoisotopic (exact) mass is 352 g/mol. The van der Waals surface area contributed by atoms with Crippen LogP contribution >= 0.6 is 11.6 Å². The van der Waals surface area contributed by atoms with Crippen LogP contribution in [0.2, 0.25) is 5.02 Å². The van der Waals surface area contributed by atoms with E-state index in [1.807, 2.05) is 19.1 Å². The average molecular weight is 353 g/mol. The molecule has 0 aliphatic rings. The van der Waals surface area contributed by atoms with Crippen molar-refractivity contribution in [3.05, 3.63) is 69.2 Å². The minimum atomic E-state index is -0.449. The highest BCUT2D eigenvalue weighted by Crippen LogP contribution is 2.20. The molecule has 1 aromatic heterocycles. The van der Waals surface area contributed by atoms with Gasteiger partial charge in [0.15, 0.2) is 0 Å². The lowest BCUT2D eigenvalue weighted by Crippen LogP contribution is -2.28. The van der Waals surface area contributed by atoms with Gasteiger partial charge in [0.05, 0.1) is 28.5 Å². The maximum absolute atomic E-state index is 12.5. The van der Waals surface area contributed by atoms with Gasteiger partial charge in [-0.15, -0.1) is 0 Å². The van der Waals surface area contributed by atoms with Crippen LogP contribution in [0.3, 0.4) is 0 Å². The third-order valence-corrected chi connectivity index (χ3v) is 3.98. The summed E-state index contributed by atoms with van der Waals surface area (Å²) >= 11 is 5.90. The molecule has 3 rings (SSSR count). The van der Waals surface area contributed by atoms with Crippen molar-refractivity contribution in [3.8, 4) is 6.07 Å². The van der Waals surface area contributed by atoms with E-state index in [1.165, 1.54) is 23.0 Å². The number of aryl methyl sites for hydroxylation is 1. The van der Waals surface area contributed by atoms with Crippen LogP contribution in [0.4, 0.5) is 5.69 Å². The number of carbonyl (C=O) groups is 1. The van der Waals surface area contributed by atoms with Crippen molar-refractivity contribution in [2.75, 3.05) is 5.32 Å². The van der Waals surface area contributed by atoms with Gasteiger partial charge in [-0.1, -0.05) is 23.7 Å². The van der Waals surface area contributed by atoms with Crippen LogP contribution in [0, 0.1) is 18.3 Å². The molecule has 3 aromatic rings. The number of aromatic nitrogens is 2. The van der Waals surface area contributed by atoms with E-state index in [1.54, 1.807) is 18.2 Å². The zero-order valence-corrected chi connectivity index (χ0v) is 14.0. The molecular weight excluding hydrogens is 340 g/mol. The Morgan fingerprint density at radius 3 is 2.92 bits per heavy atom. The van der Waals surface area contributed by atoms with Crippen LogP contribution in [0.5, 0.6) is 0 Å². The van der Waals surface area contributed by atoms with Gasteiger partial charge in [0.25, 0.3) is 5.56 Å². The quantitative estimate of drug-likeness (QED) is 0.785. The first-order valence-corrected chi connectivity index (χ1v) is 7.81. The van der Waals surface area contributed by atoms with E-state index < -0.39 is 5.91 Å². The number of halogens is 1. The van der Waals surface area contributed by atoms with Gasteiger partial charge in [0.2, 0.25) is 5.91 Å². The van der Waals surface area contributed by atoms with Crippen molar-refractivity contribution < 1.29 is 4.79 Å². The molecule has 0 saturated heterocycles. The molecule has 0 atom stereocenters. The summed E-state index contributed by atoms with van der Waals surface area (Å²) in [5, 5.41) is 12.5. The van der Waals surface area contributed by atoms with Crippen molar-refractivity contribution in [3.63, 3.8) is 0 Å². The number of rotatable bonds is 3. The fourth-order valence-electron chi connectivity index (χ4n) is 2.51. The summed E-state index contributed by atoms with van der Waals surface area (Å²) in [6.45, 7) is 1.65. The molecule has 0 radical (unpaired) electrons. The van der Waals surface area contributed by atoms with Crippen LogP contribution in [-0.4, -0.2) is 15.5 Å². The molecule has 0 spiro atoms. The molecule has 0 unspecified atom stereocenters. The largest absolute Gasteiger partial charge is 0.323 e. The molecule has 0 aliphatic carbocycles. The molecule has 7 heteroatoms. The maximum atomic E-state index is 12.5. The zero-order valence-electron chi connectivity index (χ0n) is 13.3. The average Bonchev–Trinajstić information content (AvgIpc) is 2.58. The van der Waals surface area contributed by atoms with Crippen LogP contribution in [0.15, 0.2) is 47.5 Å². The van der Waals surface area contributed by atoms with Crippen molar-refractivity contribution in [2.45, 2.75) is 13.5 Å². The van der Waals surface area contributed by atoms with Crippen LogP contribution < -0.4 is 10.9 Å². The Morgan fingerprint density at radius 2 is 2.16 bits per heavy atom. The standard InChI is InChI=1S/C18H13ClN4O2/c1-11-3-2-4-14-17(11)21-10-23(18(14)25)9-16(24)22-15-7-13(19)6-5-12(15)8-20/h2-7,10H,9H2,1H3,(H,22,24). The van der Waals surface area contributed by atoms with E-state index in [2.05, 4.69) is 10.3 Å². The molecule has 25 heavy (non-hydrogen) atoms. The van der Waals surface area contributed by atoms with Gasteiger partial charge in [-0.25, -0.2) is 4.98 Å². The lowest BCUT2D eigenvalue weighted by molar-refractivity contribution is -0.116. The van der Waals surface area contributed by atoms with Crippen LogP contribution in [0.25, 0.3) is 10.9 Å². The molecule has 6 nitrogen and oxygen atoms in total. The number of anilines is 1. The van der Waals surface area contributed by atoms with Gasteiger partial charge in [-0.2, -0.15) is 5.26 Å². The fraction of sp³-hybridized carbons (Fsp3) is 0.111. The van der Waals surface area contributed by atoms with E-state index in [0.717, 1.165) is 5.56 Å². The summed E-state index contributed by atoms with van der Waals surface area (Å²) < 4.78 is 1.23. The van der Waals surface area contributed by atoms with E-state index in [9.17, 15) is 9.59 Å². The fourth-order valence-corrected chi connectivity index (χ4v) is 2.68. The number of benzene rings is 2. The highest BCUT2D eigenvalue weighted by Gasteiger charge is 2.11. The first kappa shape index (κ1) is 16.7. The van der Waals surface area contributed by atoms with Gasteiger partial charge in [-0.05, 0) is 36.8 Å². The number of amides is 1. The van der Waals surface area contributed by atoms with Gasteiger partial charge >= 0.3 is 0 Å². The number of hydrogen-bond donors (Lipinski definition) is 1. The number of fused-ring (bicyclic) bond motifs is 1. The lowest BCUT2D eigenvalue weighted by Gasteiger charge is -2.10. The number of para-hydroxylation sites is 1. The summed E-state index contributed by atoms with van der Waals surface area (Å²) in [4.78, 5) is 29.0. The van der Waals surface area contributed by atoms with E-state index in [-0.39, 0.29) is 17.7 Å². The smallest absolute Gasteiger partial charge is 0.261 e. The van der Waals surface area contributed by atoms with Crippen molar-refractivity contribution >= 4 is 34.1 Å². The molecule has 1 amide bonds. The van der Waals surface area contributed by atoms with Gasteiger partial charge < -0.3 is 5.32 Å². The first-order chi connectivity index (χ1) is 12.0. The molecule has 0 bridgehead atoms. The Kier molecular flexibility index (Phi) is 4.50. The summed E-state index contributed by atoms with van der Waals surface area (Å²) in [5.41, 5.74) is 1.81. The van der Waals surface area contributed by atoms with Gasteiger partial charge in [0, 0.05) is 5.02 Å². The number of nitrogens with one attached hydrogen (secondary N) is 1. The van der Waals surface area contributed by atoms with Crippen molar-refractivity contribution in [1.29, 1.82) is 5.26 Å². The number of nitriles is 1. The zero-order chi connectivity index (χ0) is 18.0. The summed E-state index contributed by atoms with van der Waals surface area (Å²) in [6.07, 6.45) is 1.35. The highest BCUT2D eigenvalue weighted by atomic mass is 35.5. The second-order valence-electron chi connectivity index (χ2n) is 5.50. The van der Waals surface area contributed by atoms with Gasteiger partial charge in [-0.3, -0.25) is 14.2 Å². The SMILES string of the molecule is Cc1cccc2c(=O)n(CC(=O)Nc3cc(Cl)ccc3C#N)cnc12. The Morgan fingerprint density at radius 1 is 1.36 bits per heavy atom. The van der Waals surface area contributed by atoms with Gasteiger partial charge in [0.1, 0.15) is 12.6 Å². The minimum Gasteiger partial charge on any atom is -0.323 e. The molecule has 0 aliphatic heterocycles. The molecule has 2 aromatic carbocycles. The van der Waals surface area contributed by atoms with E-state index in [4.69, 9.17) is 16.9 Å². The van der Waals surface area contributed by atoms with Crippen LogP contribution in [-0.2, 0) is 11.3 Å². The van der Waals surface area contributed by atoms with E-state index >= 15 is 0 Å². The second kappa shape index (κ2) is 6.75. The molecule has 0 saturated carbocycles. The summed E-state index contributed by atoms with van der Waals surface area (Å²) in [7, 11) is 0. The third kappa shape index (κ3) is 3.37. The topological polar surface area (TPSA) is 87.8 Å². The molecular formula is C18H13ClN4O2. The summed E-state index contributed by atoms with van der Waals surface area (Å²) in [6, 6.07) is 11.9. The first-order valence-electron chi connectivity index (χ1n) is 7.44. The number of hydrogen-bond acceptors (Lipinski definition) is 4. The third-order valence-electron chi connectivity index (χ3n) is 3.75. The molecule has 1 heterocycles. The normalized spacial score (nSPS) is 10.4.